The molecule has 1 N–H and O–H groups in total. The lowest BCUT2D eigenvalue weighted by molar-refractivity contribution is 0.0952. The van der Waals surface area contributed by atoms with Gasteiger partial charge in [0.05, 0.1) is 16.9 Å². The second-order valence-corrected chi connectivity index (χ2v) is 4.84. The molecule has 0 fully saturated rings. The van der Waals surface area contributed by atoms with E-state index < -0.39 is 0 Å². The molecule has 0 bridgehead atoms. The first-order valence-corrected chi connectivity index (χ1v) is 6.57. The molecule has 0 aliphatic rings. The third-order valence-electron chi connectivity index (χ3n) is 2.60. The summed E-state index contributed by atoms with van der Waals surface area (Å²) in [5, 5.41) is 3.43. The van der Waals surface area contributed by atoms with Gasteiger partial charge in [0.2, 0.25) is 0 Å². The van der Waals surface area contributed by atoms with Crippen LogP contribution in [-0.4, -0.2) is 22.0 Å². The second-order valence-electron chi connectivity index (χ2n) is 3.99. The molecule has 5 nitrogen and oxygen atoms in total. The van der Waals surface area contributed by atoms with Crippen molar-refractivity contribution in [3.05, 3.63) is 62.8 Å². The topological polar surface area (TPSA) is 64.0 Å². The lowest BCUT2D eigenvalue weighted by Crippen LogP contribution is -2.30. The second kappa shape index (κ2) is 6.54. The summed E-state index contributed by atoms with van der Waals surface area (Å²) in [4.78, 5) is 27.2. The van der Waals surface area contributed by atoms with Crippen LogP contribution in [0.3, 0.4) is 0 Å². The predicted octanol–water partition coefficient (Wildman–Crippen LogP) is 1.98. The van der Waals surface area contributed by atoms with E-state index in [-0.39, 0.29) is 18.0 Å². The zero-order valence-corrected chi connectivity index (χ0v) is 11.9. The highest BCUT2D eigenvalue weighted by molar-refractivity contribution is 6.35. The summed E-state index contributed by atoms with van der Waals surface area (Å²) in [6.45, 7) is 0.615. The summed E-state index contributed by atoms with van der Waals surface area (Å²) in [5.74, 6) is -0.338. The number of benzene rings is 1. The molecule has 0 aliphatic heterocycles. The molecule has 20 heavy (non-hydrogen) atoms. The number of nitrogens with one attached hydrogen (secondary N) is 1. The Morgan fingerprint density at radius 3 is 2.85 bits per heavy atom. The number of halogens is 2. The van der Waals surface area contributed by atoms with Gasteiger partial charge in [0.25, 0.3) is 11.5 Å². The van der Waals surface area contributed by atoms with Crippen LogP contribution in [0.1, 0.15) is 10.4 Å². The van der Waals surface area contributed by atoms with Crippen LogP contribution in [0.5, 0.6) is 0 Å². The fourth-order valence-corrected chi connectivity index (χ4v) is 1.98. The Morgan fingerprint density at radius 2 is 2.10 bits per heavy atom. The third kappa shape index (κ3) is 3.59. The van der Waals surface area contributed by atoms with Crippen molar-refractivity contribution in [1.82, 2.24) is 14.9 Å². The van der Waals surface area contributed by atoms with Gasteiger partial charge in [-0.25, -0.2) is 4.98 Å². The molecule has 0 radical (unpaired) electrons. The van der Waals surface area contributed by atoms with Gasteiger partial charge in [-0.1, -0.05) is 23.2 Å². The molecule has 0 saturated carbocycles. The Morgan fingerprint density at radius 1 is 1.30 bits per heavy atom. The minimum absolute atomic E-state index is 0.171. The number of carbonyl (C=O) groups is 1. The molecule has 0 unspecified atom stereocenters. The van der Waals surface area contributed by atoms with E-state index in [1.165, 1.54) is 29.2 Å². The van der Waals surface area contributed by atoms with Crippen LogP contribution >= 0.6 is 23.2 Å². The first kappa shape index (κ1) is 14.6. The number of hydrogen-bond acceptors (Lipinski definition) is 3. The van der Waals surface area contributed by atoms with Gasteiger partial charge in [-0.2, -0.15) is 0 Å². The first-order chi connectivity index (χ1) is 9.58. The van der Waals surface area contributed by atoms with E-state index in [9.17, 15) is 9.59 Å². The van der Waals surface area contributed by atoms with Crippen molar-refractivity contribution in [2.75, 3.05) is 6.54 Å². The lowest BCUT2D eigenvalue weighted by atomic mass is 10.2. The van der Waals surface area contributed by atoms with E-state index in [1.807, 2.05) is 0 Å². The molecule has 1 aromatic heterocycles. The van der Waals surface area contributed by atoms with Crippen molar-refractivity contribution in [3.63, 3.8) is 0 Å². The van der Waals surface area contributed by atoms with Gasteiger partial charge in [-0.05, 0) is 18.2 Å². The van der Waals surface area contributed by atoms with Gasteiger partial charge in [-0.15, -0.1) is 0 Å². The maximum atomic E-state index is 11.9. The average Bonchev–Trinajstić information content (AvgIpc) is 2.43. The van der Waals surface area contributed by atoms with Gasteiger partial charge in [0, 0.05) is 30.4 Å². The van der Waals surface area contributed by atoms with E-state index in [0.29, 0.717) is 22.2 Å². The highest BCUT2D eigenvalue weighted by Gasteiger charge is 2.10. The Kier molecular flexibility index (Phi) is 4.76. The normalized spacial score (nSPS) is 10.3. The van der Waals surface area contributed by atoms with Crippen molar-refractivity contribution >= 4 is 29.1 Å². The van der Waals surface area contributed by atoms with Gasteiger partial charge in [-0.3, -0.25) is 14.2 Å². The van der Waals surface area contributed by atoms with Gasteiger partial charge < -0.3 is 5.32 Å². The standard InChI is InChI=1S/C13H11Cl2N3O2/c14-9-1-2-11(15)10(7-9)13(20)17-5-6-18-8-16-4-3-12(18)19/h1-4,7-8H,5-6H2,(H,17,20). The SMILES string of the molecule is O=C(NCCn1cnccc1=O)c1cc(Cl)ccc1Cl. The molecule has 0 spiro atoms. The lowest BCUT2D eigenvalue weighted by Gasteiger charge is -2.08. The Balaban J connectivity index is 1.98. The molecule has 0 saturated heterocycles. The number of amides is 1. The zero-order chi connectivity index (χ0) is 14.5. The molecule has 2 aromatic rings. The van der Waals surface area contributed by atoms with Crippen LogP contribution in [0, 0.1) is 0 Å². The van der Waals surface area contributed by atoms with Gasteiger partial charge in [0.15, 0.2) is 0 Å². The van der Waals surface area contributed by atoms with Crippen molar-refractivity contribution in [2.45, 2.75) is 6.54 Å². The maximum Gasteiger partial charge on any atom is 0.253 e. The monoisotopic (exact) mass is 311 g/mol. The molecule has 7 heteroatoms. The van der Waals surface area contributed by atoms with Crippen LogP contribution in [0.25, 0.3) is 0 Å². The Hall–Kier alpha value is -1.85. The highest BCUT2D eigenvalue weighted by atomic mass is 35.5. The summed E-state index contributed by atoms with van der Waals surface area (Å²) in [5.41, 5.74) is 0.132. The molecular weight excluding hydrogens is 301 g/mol. The van der Waals surface area contributed by atoms with Crippen molar-refractivity contribution in [2.24, 2.45) is 0 Å². The Bertz CT molecular complexity index is 685. The maximum absolute atomic E-state index is 11.9. The molecule has 2 rings (SSSR count). The number of hydrogen-bond donors (Lipinski definition) is 1. The zero-order valence-electron chi connectivity index (χ0n) is 10.3. The van der Waals surface area contributed by atoms with E-state index in [1.54, 1.807) is 12.1 Å². The van der Waals surface area contributed by atoms with Crippen LogP contribution in [0.2, 0.25) is 10.0 Å². The van der Waals surface area contributed by atoms with Crippen LogP contribution in [0.4, 0.5) is 0 Å². The molecule has 0 aliphatic carbocycles. The molecule has 0 atom stereocenters. The van der Waals surface area contributed by atoms with Crippen molar-refractivity contribution in [3.8, 4) is 0 Å². The largest absolute Gasteiger partial charge is 0.350 e. The molecule has 104 valence electrons. The molecule has 1 heterocycles. The molecule has 1 amide bonds. The van der Waals surface area contributed by atoms with Crippen LogP contribution in [-0.2, 0) is 6.54 Å². The number of rotatable bonds is 4. The quantitative estimate of drug-likeness (QED) is 0.939. The van der Waals surface area contributed by atoms with Crippen molar-refractivity contribution in [1.29, 1.82) is 0 Å². The fourth-order valence-electron chi connectivity index (χ4n) is 1.60. The summed E-state index contributed by atoms with van der Waals surface area (Å²) < 4.78 is 1.40. The molecule has 1 aromatic carbocycles. The van der Waals surface area contributed by atoms with E-state index in [0.717, 1.165) is 0 Å². The summed E-state index contributed by atoms with van der Waals surface area (Å²) in [7, 11) is 0. The minimum Gasteiger partial charge on any atom is -0.350 e. The summed E-state index contributed by atoms with van der Waals surface area (Å²) in [6.07, 6.45) is 2.84. The first-order valence-electron chi connectivity index (χ1n) is 5.81. The Labute approximate surface area is 125 Å². The minimum atomic E-state index is -0.338. The summed E-state index contributed by atoms with van der Waals surface area (Å²) >= 11 is 11.7. The van der Waals surface area contributed by atoms with E-state index in [2.05, 4.69) is 10.3 Å². The number of carbonyl (C=O) groups excluding carboxylic acids is 1. The smallest absolute Gasteiger partial charge is 0.253 e. The number of nitrogens with zero attached hydrogens (tertiary/aromatic N) is 2. The van der Waals surface area contributed by atoms with Crippen LogP contribution < -0.4 is 10.9 Å². The van der Waals surface area contributed by atoms with E-state index in [4.69, 9.17) is 23.2 Å². The summed E-state index contributed by atoms with van der Waals surface area (Å²) in [6, 6.07) is 6.02. The van der Waals surface area contributed by atoms with Crippen molar-refractivity contribution < 1.29 is 4.79 Å². The van der Waals surface area contributed by atoms with Crippen LogP contribution in [0.15, 0.2) is 41.6 Å². The molecular formula is C13H11Cl2N3O2. The number of aromatic nitrogens is 2. The predicted molar refractivity (Wildman–Crippen MR) is 77.3 cm³/mol. The van der Waals surface area contributed by atoms with Gasteiger partial charge >= 0.3 is 0 Å². The average molecular weight is 312 g/mol. The van der Waals surface area contributed by atoms with E-state index >= 15 is 0 Å². The highest BCUT2D eigenvalue weighted by Crippen LogP contribution is 2.20. The van der Waals surface area contributed by atoms with Gasteiger partial charge in [0.1, 0.15) is 0 Å². The fraction of sp³-hybridized carbons (Fsp3) is 0.154. The third-order valence-corrected chi connectivity index (χ3v) is 3.17.